The third-order valence-corrected chi connectivity index (χ3v) is 1.51. The number of rotatable bonds is 0. The van der Waals surface area contributed by atoms with Crippen LogP contribution in [-0.2, 0) is 4.79 Å². The molecule has 10 heavy (non-hydrogen) atoms. The smallest absolute Gasteiger partial charge is 0.228 e. The van der Waals surface area contributed by atoms with Gasteiger partial charge >= 0.3 is 0 Å². The highest BCUT2D eigenvalue weighted by Crippen LogP contribution is 2.10. The summed E-state index contributed by atoms with van der Waals surface area (Å²) in [6.07, 6.45) is 0.479. The maximum atomic E-state index is 10.9. The van der Waals surface area contributed by atoms with Crippen molar-refractivity contribution in [1.82, 2.24) is 10.6 Å². The maximum absolute atomic E-state index is 10.9. The van der Waals surface area contributed by atoms with Gasteiger partial charge in [0.1, 0.15) is 0 Å². The van der Waals surface area contributed by atoms with Gasteiger partial charge in [0.25, 0.3) is 0 Å². The summed E-state index contributed by atoms with van der Waals surface area (Å²) >= 11 is 4.79. The number of hydrogen-bond acceptors (Lipinski definition) is 2. The van der Waals surface area contributed by atoms with Crippen molar-refractivity contribution in [2.24, 2.45) is 0 Å². The predicted octanol–water partition coefficient (Wildman–Crippen LogP) is 0.159. The summed E-state index contributed by atoms with van der Waals surface area (Å²) in [5.41, 5.74) is -0.181. The van der Waals surface area contributed by atoms with Crippen molar-refractivity contribution in [1.29, 1.82) is 0 Å². The average molecular weight is 158 g/mol. The molecule has 0 bridgehead atoms. The van der Waals surface area contributed by atoms with Crippen molar-refractivity contribution in [2.45, 2.75) is 25.8 Å². The minimum Gasteiger partial charge on any atom is -0.357 e. The number of carbonyl (C=O) groups excluding carboxylic acids is 1. The Bertz CT molecular complexity index is 170. The molecular weight excluding hydrogens is 148 g/mol. The number of nitrogens with one attached hydrogen (secondary N) is 2. The lowest BCUT2D eigenvalue weighted by Gasteiger charge is -2.31. The number of carbonyl (C=O) groups is 1. The molecule has 0 aromatic rings. The first-order valence-electron chi connectivity index (χ1n) is 3.12. The molecule has 0 spiro atoms. The van der Waals surface area contributed by atoms with Gasteiger partial charge in [0, 0.05) is 12.0 Å². The lowest BCUT2D eigenvalue weighted by molar-refractivity contribution is -0.121. The highest BCUT2D eigenvalue weighted by molar-refractivity contribution is 7.80. The van der Waals surface area contributed by atoms with Crippen LogP contribution in [-0.4, -0.2) is 16.6 Å². The molecule has 1 heterocycles. The second-order valence-corrected chi connectivity index (χ2v) is 3.47. The van der Waals surface area contributed by atoms with E-state index in [0.717, 1.165) is 0 Å². The van der Waals surface area contributed by atoms with E-state index in [0.29, 0.717) is 11.5 Å². The molecule has 0 radical (unpaired) electrons. The average Bonchev–Trinajstić information content (AvgIpc) is 1.54. The minimum atomic E-state index is -0.181. The van der Waals surface area contributed by atoms with Gasteiger partial charge in [-0.15, -0.1) is 0 Å². The zero-order chi connectivity index (χ0) is 7.78. The first-order valence-corrected chi connectivity index (χ1v) is 3.52. The fraction of sp³-hybridized carbons (Fsp3) is 0.667. The molecule has 0 aromatic heterocycles. The highest BCUT2D eigenvalue weighted by atomic mass is 32.1. The van der Waals surface area contributed by atoms with Gasteiger partial charge in [-0.2, -0.15) is 0 Å². The van der Waals surface area contributed by atoms with Crippen LogP contribution >= 0.6 is 12.2 Å². The Hall–Kier alpha value is -0.640. The molecule has 1 aliphatic rings. The molecule has 3 nitrogen and oxygen atoms in total. The van der Waals surface area contributed by atoms with Crippen molar-refractivity contribution in [3.63, 3.8) is 0 Å². The van der Waals surface area contributed by atoms with E-state index in [1.165, 1.54) is 0 Å². The van der Waals surface area contributed by atoms with Crippen molar-refractivity contribution >= 4 is 23.2 Å². The monoisotopic (exact) mass is 158 g/mol. The Morgan fingerprint density at radius 3 is 2.60 bits per heavy atom. The summed E-state index contributed by atoms with van der Waals surface area (Å²) in [4.78, 5) is 10.9. The molecule has 0 atom stereocenters. The van der Waals surface area contributed by atoms with Crippen LogP contribution in [0.5, 0.6) is 0 Å². The van der Waals surface area contributed by atoms with E-state index in [-0.39, 0.29) is 11.4 Å². The second-order valence-electron chi connectivity index (χ2n) is 3.06. The second kappa shape index (κ2) is 2.20. The van der Waals surface area contributed by atoms with Gasteiger partial charge in [0.15, 0.2) is 5.11 Å². The van der Waals surface area contributed by atoms with Gasteiger partial charge in [0.05, 0.1) is 0 Å². The van der Waals surface area contributed by atoms with Crippen molar-refractivity contribution in [3.8, 4) is 0 Å². The number of hydrogen-bond donors (Lipinski definition) is 2. The van der Waals surface area contributed by atoms with Crippen LogP contribution in [0.15, 0.2) is 0 Å². The maximum Gasteiger partial charge on any atom is 0.228 e. The predicted molar refractivity (Wildman–Crippen MR) is 42.6 cm³/mol. The van der Waals surface area contributed by atoms with Crippen LogP contribution in [0.25, 0.3) is 0 Å². The largest absolute Gasteiger partial charge is 0.357 e. The third kappa shape index (κ3) is 1.67. The Morgan fingerprint density at radius 1 is 1.60 bits per heavy atom. The molecular formula is C6H10N2OS. The quantitative estimate of drug-likeness (QED) is 0.493. The molecule has 4 heteroatoms. The molecule has 0 aliphatic carbocycles. The van der Waals surface area contributed by atoms with E-state index in [1.807, 2.05) is 13.8 Å². The van der Waals surface area contributed by atoms with Crippen molar-refractivity contribution in [2.75, 3.05) is 0 Å². The zero-order valence-electron chi connectivity index (χ0n) is 6.02. The zero-order valence-corrected chi connectivity index (χ0v) is 6.84. The molecule has 56 valence electrons. The van der Waals surface area contributed by atoms with Gasteiger partial charge in [-0.1, -0.05) is 0 Å². The van der Waals surface area contributed by atoms with Gasteiger partial charge < -0.3 is 10.6 Å². The van der Waals surface area contributed by atoms with Crippen LogP contribution in [0.1, 0.15) is 20.3 Å². The third-order valence-electron chi connectivity index (χ3n) is 1.31. The van der Waals surface area contributed by atoms with E-state index in [2.05, 4.69) is 10.6 Å². The molecule has 0 saturated carbocycles. The van der Waals surface area contributed by atoms with Crippen LogP contribution in [0, 0.1) is 0 Å². The first kappa shape index (κ1) is 7.47. The Labute approximate surface area is 65.2 Å². The van der Waals surface area contributed by atoms with Crippen molar-refractivity contribution < 1.29 is 4.79 Å². The molecule has 2 N–H and O–H groups in total. The highest BCUT2D eigenvalue weighted by Gasteiger charge is 2.27. The van der Waals surface area contributed by atoms with Crippen molar-refractivity contribution in [3.05, 3.63) is 0 Å². The number of amides is 1. The summed E-state index contributed by atoms with van der Waals surface area (Å²) in [6.45, 7) is 3.88. The summed E-state index contributed by atoms with van der Waals surface area (Å²) < 4.78 is 0. The van der Waals surface area contributed by atoms with E-state index in [4.69, 9.17) is 12.2 Å². The Balaban J connectivity index is 2.68. The minimum absolute atomic E-state index is 0.00579. The molecule has 0 aromatic carbocycles. The van der Waals surface area contributed by atoms with Crippen LogP contribution in [0.4, 0.5) is 0 Å². The SMILES string of the molecule is CC1(C)CC(=O)NC(=S)N1. The Kier molecular flexibility index (Phi) is 1.64. The first-order chi connectivity index (χ1) is 4.49. The normalized spacial score (nSPS) is 23.4. The summed E-state index contributed by atoms with van der Waals surface area (Å²) in [5.74, 6) is -0.00579. The van der Waals surface area contributed by atoms with E-state index in [1.54, 1.807) is 0 Å². The Morgan fingerprint density at radius 2 is 2.20 bits per heavy atom. The lowest BCUT2D eigenvalue weighted by atomic mass is 9.99. The molecule has 1 aliphatic heterocycles. The fourth-order valence-electron chi connectivity index (χ4n) is 0.955. The number of thiocarbonyl (C=S) groups is 1. The standard InChI is InChI=1S/C6H10N2OS/c1-6(2)3-4(9)7-5(10)8-6/h3H2,1-2H3,(H2,7,8,9,10). The summed E-state index contributed by atoms with van der Waals surface area (Å²) in [6, 6.07) is 0. The molecule has 0 unspecified atom stereocenters. The van der Waals surface area contributed by atoms with E-state index in [9.17, 15) is 4.79 Å². The fourth-order valence-corrected chi connectivity index (χ4v) is 1.35. The molecule has 1 fully saturated rings. The van der Waals surface area contributed by atoms with Crippen LogP contribution in [0.3, 0.4) is 0 Å². The van der Waals surface area contributed by atoms with Crippen LogP contribution in [0.2, 0.25) is 0 Å². The lowest BCUT2D eigenvalue weighted by Crippen LogP contribution is -2.57. The topological polar surface area (TPSA) is 41.1 Å². The van der Waals surface area contributed by atoms with E-state index >= 15 is 0 Å². The van der Waals surface area contributed by atoms with Crippen LogP contribution < -0.4 is 10.6 Å². The molecule has 1 rings (SSSR count). The van der Waals surface area contributed by atoms with E-state index < -0.39 is 0 Å². The molecule has 1 saturated heterocycles. The van der Waals surface area contributed by atoms with Gasteiger partial charge in [-0.3, -0.25) is 4.79 Å². The summed E-state index contributed by atoms with van der Waals surface area (Å²) in [5, 5.41) is 5.93. The molecule has 1 amide bonds. The van der Waals surface area contributed by atoms with Gasteiger partial charge in [-0.05, 0) is 26.1 Å². The van der Waals surface area contributed by atoms with Gasteiger partial charge in [-0.25, -0.2) is 0 Å². The van der Waals surface area contributed by atoms with Gasteiger partial charge in [0.2, 0.25) is 5.91 Å². The summed E-state index contributed by atoms with van der Waals surface area (Å²) in [7, 11) is 0.